The Balaban J connectivity index is 3.18. The van der Waals surface area contributed by atoms with Crippen LogP contribution in [-0.2, 0) is 47.6 Å². The van der Waals surface area contributed by atoms with Crippen LogP contribution in [-0.4, -0.2) is 85.4 Å². The van der Waals surface area contributed by atoms with Crippen LogP contribution >= 0.6 is 0 Å². The number of esters is 3. The Labute approximate surface area is 222 Å². The van der Waals surface area contributed by atoms with E-state index in [0.717, 1.165) is 0 Å². The minimum atomic E-state index is -1.20. The molecule has 1 aliphatic rings. The third-order valence-electron chi connectivity index (χ3n) is 5.58. The zero-order valence-electron chi connectivity index (χ0n) is 23.3. The van der Waals surface area contributed by atoms with E-state index in [1.54, 1.807) is 13.8 Å². The van der Waals surface area contributed by atoms with Crippen molar-refractivity contribution in [3.05, 3.63) is 10.4 Å². The number of rotatable bonds is 14. The fraction of sp³-hybridized carbons (Fsp3) is 0.833. The van der Waals surface area contributed by atoms with Crippen molar-refractivity contribution < 1.29 is 47.6 Å². The summed E-state index contributed by atoms with van der Waals surface area (Å²) in [6.45, 7) is 12.4. The summed E-state index contributed by atoms with van der Waals surface area (Å²) in [5.41, 5.74) is 7.05. The lowest BCUT2D eigenvalue weighted by Crippen LogP contribution is -2.67. The third kappa shape index (κ3) is 12.1. The van der Waals surface area contributed by atoms with E-state index in [1.807, 2.05) is 13.8 Å². The van der Waals surface area contributed by atoms with E-state index in [4.69, 9.17) is 34.0 Å². The zero-order valence-corrected chi connectivity index (χ0v) is 23.3. The highest BCUT2D eigenvalue weighted by atomic mass is 16.7. The Morgan fingerprint density at radius 1 is 0.921 bits per heavy atom. The Morgan fingerprint density at radius 3 is 2.05 bits per heavy atom. The fourth-order valence-electron chi connectivity index (χ4n) is 3.77. The fourth-order valence-corrected chi connectivity index (χ4v) is 3.77. The molecule has 1 N–H and O–H groups in total. The van der Waals surface area contributed by atoms with Crippen molar-refractivity contribution in [2.24, 2.45) is 5.11 Å². The monoisotopic (exact) mass is 544 g/mol. The molecule has 0 bridgehead atoms. The quantitative estimate of drug-likeness (QED) is 0.112. The molecule has 5 atom stereocenters. The van der Waals surface area contributed by atoms with Crippen LogP contribution in [0.1, 0.15) is 68.2 Å². The topological polar surface area (TPSA) is 184 Å². The highest BCUT2D eigenvalue weighted by Crippen LogP contribution is 2.31. The standard InChI is InChI=1S/C24H40N4O10/c1-14(29)27-19-21(36-17(4)32)20(35-16(3)31)18(13-33-15(2)30)37-22(19)38-24(7,8)10-12-34-23(5,6)9-11-26-28-25/h18-22H,9-13H2,1-8H3,(H,27,29)/t18?,19?,20?,21?,22-/m0/s1. The van der Waals surface area contributed by atoms with Gasteiger partial charge in [-0.15, -0.1) is 0 Å². The lowest BCUT2D eigenvalue weighted by Gasteiger charge is -2.46. The first kappa shape index (κ1) is 33.1. The Bertz CT molecular complexity index is 887. The van der Waals surface area contributed by atoms with Crippen LogP contribution in [0, 0.1) is 0 Å². The Kier molecular flexibility index (Phi) is 12.9. The van der Waals surface area contributed by atoms with Gasteiger partial charge in [0.05, 0.1) is 17.8 Å². The van der Waals surface area contributed by atoms with Gasteiger partial charge >= 0.3 is 17.9 Å². The first-order chi connectivity index (χ1) is 17.6. The Morgan fingerprint density at radius 2 is 1.53 bits per heavy atom. The van der Waals surface area contributed by atoms with Crippen LogP contribution in [0.4, 0.5) is 0 Å². The van der Waals surface area contributed by atoms with E-state index in [0.29, 0.717) is 19.4 Å². The molecule has 0 aromatic carbocycles. The average molecular weight is 545 g/mol. The second-order valence-corrected chi connectivity index (χ2v) is 10.2. The van der Waals surface area contributed by atoms with Crippen LogP contribution in [0.2, 0.25) is 0 Å². The number of nitrogens with one attached hydrogen (secondary N) is 1. The van der Waals surface area contributed by atoms with Gasteiger partial charge in [0.25, 0.3) is 0 Å². The minimum Gasteiger partial charge on any atom is -0.463 e. The van der Waals surface area contributed by atoms with Crippen molar-refractivity contribution in [2.75, 3.05) is 19.8 Å². The predicted molar refractivity (Wildman–Crippen MR) is 132 cm³/mol. The first-order valence-corrected chi connectivity index (χ1v) is 12.3. The van der Waals surface area contributed by atoms with Gasteiger partial charge in [0.15, 0.2) is 18.5 Å². The van der Waals surface area contributed by atoms with Crippen molar-refractivity contribution in [3.8, 4) is 0 Å². The summed E-state index contributed by atoms with van der Waals surface area (Å²) < 4.78 is 34.2. The third-order valence-corrected chi connectivity index (χ3v) is 5.58. The van der Waals surface area contributed by atoms with Gasteiger partial charge in [-0.05, 0) is 46.1 Å². The van der Waals surface area contributed by atoms with E-state index in [-0.39, 0.29) is 13.2 Å². The maximum absolute atomic E-state index is 12.1. The molecule has 1 amide bonds. The molecule has 38 heavy (non-hydrogen) atoms. The predicted octanol–water partition coefficient (Wildman–Crippen LogP) is 2.32. The van der Waals surface area contributed by atoms with Crippen molar-refractivity contribution in [1.82, 2.24) is 5.32 Å². The number of ether oxygens (including phenoxy) is 6. The normalized spacial score (nSPS) is 23.5. The number of hydrogen-bond donors (Lipinski definition) is 1. The molecule has 14 nitrogen and oxygen atoms in total. The molecule has 0 spiro atoms. The largest absolute Gasteiger partial charge is 0.463 e. The summed E-state index contributed by atoms with van der Waals surface area (Å²) in [7, 11) is 0. The highest BCUT2D eigenvalue weighted by Gasteiger charge is 2.52. The van der Waals surface area contributed by atoms with Crippen LogP contribution in [0.3, 0.4) is 0 Å². The number of azide groups is 1. The van der Waals surface area contributed by atoms with Crippen molar-refractivity contribution in [1.29, 1.82) is 0 Å². The van der Waals surface area contributed by atoms with Gasteiger partial charge in [-0.2, -0.15) is 0 Å². The molecule has 1 fully saturated rings. The summed E-state index contributed by atoms with van der Waals surface area (Å²) in [5, 5.41) is 6.21. The molecule has 1 heterocycles. The molecule has 4 unspecified atom stereocenters. The zero-order chi connectivity index (χ0) is 29.1. The summed E-state index contributed by atoms with van der Waals surface area (Å²) in [5.74, 6) is -2.44. The summed E-state index contributed by atoms with van der Waals surface area (Å²) >= 11 is 0. The van der Waals surface area contributed by atoms with Crippen LogP contribution in [0.15, 0.2) is 5.11 Å². The van der Waals surface area contributed by atoms with Crippen LogP contribution in [0.5, 0.6) is 0 Å². The van der Waals surface area contributed by atoms with E-state index < -0.39 is 65.7 Å². The molecule has 0 aromatic heterocycles. The molecule has 1 rings (SSSR count). The molecular formula is C24H40N4O10. The maximum atomic E-state index is 12.1. The summed E-state index contributed by atoms with van der Waals surface area (Å²) in [4.78, 5) is 50.2. The second-order valence-electron chi connectivity index (χ2n) is 10.2. The maximum Gasteiger partial charge on any atom is 0.303 e. The van der Waals surface area contributed by atoms with E-state index >= 15 is 0 Å². The highest BCUT2D eigenvalue weighted by molar-refractivity contribution is 5.73. The van der Waals surface area contributed by atoms with Gasteiger partial charge in [0.2, 0.25) is 5.91 Å². The van der Waals surface area contributed by atoms with Crippen molar-refractivity contribution in [2.45, 2.75) is 110 Å². The summed E-state index contributed by atoms with van der Waals surface area (Å²) in [6.07, 6.45) is -3.72. The molecule has 0 radical (unpaired) electrons. The Hall–Kier alpha value is -2.93. The van der Waals surface area contributed by atoms with Gasteiger partial charge in [-0.25, -0.2) is 0 Å². The van der Waals surface area contributed by atoms with E-state index in [9.17, 15) is 19.2 Å². The number of amides is 1. The molecular weight excluding hydrogens is 504 g/mol. The molecule has 0 saturated carbocycles. The molecule has 0 aromatic rings. The average Bonchev–Trinajstić information content (AvgIpc) is 2.75. The van der Waals surface area contributed by atoms with Gasteiger partial charge in [-0.1, -0.05) is 5.11 Å². The molecule has 1 aliphatic heterocycles. The number of nitrogens with zero attached hydrogens (tertiary/aromatic N) is 3. The number of carbonyl (C=O) groups is 4. The molecule has 216 valence electrons. The lowest BCUT2D eigenvalue weighted by atomic mass is 9.95. The van der Waals surface area contributed by atoms with Crippen molar-refractivity contribution in [3.63, 3.8) is 0 Å². The lowest BCUT2D eigenvalue weighted by molar-refractivity contribution is -0.301. The van der Waals surface area contributed by atoms with Crippen molar-refractivity contribution >= 4 is 23.8 Å². The van der Waals surface area contributed by atoms with Gasteiger partial charge < -0.3 is 33.7 Å². The number of hydrogen-bond acceptors (Lipinski definition) is 11. The number of carbonyl (C=O) groups excluding carboxylic acids is 4. The SMILES string of the molecule is CC(=O)NC1C(OC(C)=O)C(OC(C)=O)C(COC(C)=O)O[C@H]1OC(C)(C)CCOC(C)(C)CCN=[N+]=[N-]. The van der Waals surface area contributed by atoms with Gasteiger partial charge in [0, 0.05) is 39.2 Å². The molecule has 0 aliphatic carbocycles. The van der Waals surface area contributed by atoms with E-state index in [1.165, 1.54) is 27.7 Å². The van der Waals surface area contributed by atoms with E-state index in [2.05, 4.69) is 15.3 Å². The smallest absolute Gasteiger partial charge is 0.303 e. The van der Waals surface area contributed by atoms with Gasteiger partial charge in [-0.3, -0.25) is 19.2 Å². The summed E-state index contributed by atoms with van der Waals surface area (Å²) in [6, 6.07) is -1.06. The van der Waals surface area contributed by atoms with Crippen LogP contribution in [0.25, 0.3) is 10.4 Å². The second kappa shape index (κ2) is 14.9. The minimum absolute atomic E-state index is 0.286. The molecule has 14 heteroatoms. The van der Waals surface area contributed by atoms with Crippen LogP contribution < -0.4 is 5.32 Å². The first-order valence-electron chi connectivity index (χ1n) is 12.3. The van der Waals surface area contributed by atoms with Gasteiger partial charge in [0.1, 0.15) is 18.8 Å². The molecule has 1 saturated heterocycles.